The monoisotopic (exact) mass is 542 g/mol. The molecule has 0 unspecified atom stereocenters. The second kappa shape index (κ2) is 9.97. The van der Waals surface area contributed by atoms with Crippen molar-refractivity contribution in [2.75, 3.05) is 13.1 Å². The molecule has 202 valence electrons. The molecule has 2 aromatic heterocycles. The maximum atomic E-state index is 14.8. The highest BCUT2D eigenvalue weighted by Crippen LogP contribution is 2.33. The number of aromatic nitrogens is 4. The van der Waals surface area contributed by atoms with Crippen LogP contribution >= 0.6 is 0 Å². The first-order chi connectivity index (χ1) is 18.6. The van der Waals surface area contributed by atoms with Gasteiger partial charge in [-0.2, -0.15) is 18.3 Å². The Bertz CT molecular complexity index is 1660. The molecule has 1 aliphatic rings. The summed E-state index contributed by atoms with van der Waals surface area (Å²) in [5, 5.41) is 9.96. The van der Waals surface area contributed by atoms with Crippen LogP contribution in [-0.2, 0) is 25.7 Å². The van der Waals surface area contributed by atoms with Crippen molar-refractivity contribution in [1.82, 2.24) is 30.0 Å². The van der Waals surface area contributed by atoms with E-state index in [1.807, 2.05) is 0 Å². The topological polar surface area (TPSA) is 113 Å². The highest BCUT2D eigenvalue weighted by Gasteiger charge is 2.42. The first-order valence-corrected chi connectivity index (χ1v) is 12.1. The zero-order valence-corrected chi connectivity index (χ0v) is 20.6. The molecule has 0 radical (unpaired) electrons. The van der Waals surface area contributed by atoms with Crippen LogP contribution in [0.2, 0.25) is 0 Å². The van der Waals surface area contributed by atoms with Crippen molar-refractivity contribution in [2.24, 2.45) is 0 Å². The maximum absolute atomic E-state index is 14.8. The van der Waals surface area contributed by atoms with Crippen LogP contribution in [0.1, 0.15) is 50.5 Å². The number of alkyl halides is 3. The number of hydrogen-bond donors (Lipinski definition) is 2. The van der Waals surface area contributed by atoms with E-state index in [9.17, 15) is 31.9 Å². The van der Waals surface area contributed by atoms with Crippen LogP contribution in [0.5, 0.6) is 0 Å². The van der Waals surface area contributed by atoms with Gasteiger partial charge in [-0.3, -0.25) is 14.4 Å². The number of halogens is 4. The number of carbonyl (C=O) groups excluding carboxylic acids is 2. The second-order valence-electron chi connectivity index (χ2n) is 9.00. The predicted molar refractivity (Wildman–Crippen MR) is 132 cm³/mol. The number of benzene rings is 2. The summed E-state index contributed by atoms with van der Waals surface area (Å²) in [4.78, 5) is 42.6. The lowest BCUT2D eigenvalue weighted by Crippen LogP contribution is -2.40. The summed E-state index contributed by atoms with van der Waals surface area (Å²) >= 11 is 0. The molecule has 1 aliphatic heterocycles. The normalized spacial score (nSPS) is 13.4. The van der Waals surface area contributed by atoms with Crippen molar-refractivity contribution in [3.8, 4) is 0 Å². The van der Waals surface area contributed by atoms with Gasteiger partial charge in [0.05, 0.1) is 23.2 Å². The molecule has 0 aliphatic carbocycles. The Kier molecular flexibility index (Phi) is 6.66. The van der Waals surface area contributed by atoms with Crippen LogP contribution in [0.15, 0.2) is 47.3 Å². The minimum Gasteiger partial charge on any atom is -0.351 e. The van der Waals surface area contributed by atoms with Gasteiger partial charge in [0.25, 0.3) is 17.4 Å². The third-order valence-corrected chi connectivity index (χ3v) is 6.49. The number of rotatable bonds is 5. The summed E-state index contributed by atoms with van der Waals surface area (Å²) in [6.07, 6.45) is -4.69. The number of aromatic amines is 1. The van der Waals surface area contributed by atoms with Gasteiger partial charge in [0, 0.05) is 31.4 Å². The number of carbonyl (C=O) groups is 2. The summed E-state index contributed by atoms with van der Waals surface area (Å²) in [6, 6.07) is 10.9. The van der Waals surface area contributed by atoms with Crippen molar-refractivity contribution in [1.29, 1.82) is 0 Å². The van der Waals surface area contributed by atoms with E-state index in [-0.39, 0.29) is 49.5 Å². The first kappa shape index (κ1) is 26.1. The average Bonchev–Trinajstić information content (AvgIpc) is 3.31. The lowest BCUT2D eigenvalue weighted by Gasteiger charge is -2.28. The predicted octanol–water partition coefficient (Wildman–Crippen LogP) is 3.27. The molecular weight excluding hydrogens is 520 g/mol. The van der Waals surface area contributed by atoms with Crippen molar-refractivity contribution < 1.29 is 27.2 Å². The van der Waals surface area contributed by atoms with Crippen LogP contribution in [-0.4, -0.2) is 49.6 Å². The molecule has 0 bridgehead atoms. The van der Waals surface area contributed by atoms with E-state index in [4.69, 9.17) is 0 Å². The molecule has 0 saturated heterocycles. The SMILES string of the molecule is CCNC(=O)c1c(C(F)(F)F)nc2n1CCN(C(=O)c1cc(Cc3n[nH]c(=O)c4ccccc34)ccc1F)C2. The third-order valence-electron chi connectivity index (χ3n) is 6.49. The Hall–Kier alpha value is -4.55. The maximum Gasteiger partial charge on any atom is 0.435 e. The van der Waals surface area contributed by atoms with E-state index in [0.29, 0.717) is 22.0 Å². The summed E-state index contributed by atoms with van der Waals surface area (Å²) < 4.78 is 56.9. The number of fused-ring (bicyclic) bond motifs is 2. The lowest BCUT2D eigenvalue weighted by molar-refractivity contribution is -0.141. The number of imidazole rings is 1. The summed E-state index contributed by atoms with van der Waals surface area (Å²) in [6.45, 7) is 1.20. The third kappa shape index (κ3) is 4.87. The van der Waals surface area contributed by atoms with Gasteiger partial charge in [-0.25, -0.2) is 14.5 Å². The van der Waals surface area contributed by atoms with E-state index in [0.717, 1.165) is 10.6 Å². The van der Waals surface area contributed by atoms with Crippen molar-refractivity contribution in [3.63, 3.8) is 0 Å². The van der Waals surface area contributed by atoms with Gasteiger partial charge in [0.1, 0.15) is 17.3 Å². The molecule has 0 fully saturated rings. The summed E-state index contributed by atoms with van der Waals surface area (Å²) in [5.74, 6) is -2.55. The Labute approximate surface area is 218 Å². The molecule has 3 heterocycles. The van der Waals surface area contributed by atoms with Gasteiger partial charge < -0.3 is 14.8 Å². The van der Waals surface area contributed by atoms with Crippen LogP contribution in [0.4, 0.5) is 17.6 Å². The number of H-pyrrole nitrogens is 1. The molecule has 5 rings (SSSR count). The molecule has 2 aromatic carbocycles. The van der Waals surface area contributed by atoms with E-state index in [1.54, 1.807) is 31.2 Å². The molecule has 0 atom stereocenters. The minimum absolute atomic E-state index is 0.0539. The molecule has 39 heavy (non-hydrogen) atoms. The number of amides is 2. The fourth-order valence-electron chi connectivity index (χ4n) is 4.69. The van der Waals surface area contributed by atoms with E-state index >= 15 is 0 Å². The van der Waals surface area contributed by atoms with Crippen LogP contribution in [0.25, 0.3) is 10.8 Å². The minimum atomic E-state index is -4.88. The highest BCUT2D eigenvalue weighted by atomic mass is 19.4. The Morgan fingerprint density at radius 3 is 2.56 bits per heavy atom. The number of hydrogen-bond acceptors (Lipinski definition) is 5. The standard InChI is InChI=1S/C26H22F4N6O3/c1-2-31-24(38)21-22(26(28,29)30)32-20-13-35(9-10-36(20)21)25(39)17-11-14(7-8-18(17)27)12-19-15-5-3-4-6-16(15)23(37)34-33-19/h3-8,11H,2,9-10,12-13H2,1H3,(H,31,38)(H,34,37). The summed E-state index contributed by atoms with van der Waals surface area (Å²) in [5.41, 5.74) is -1.49. The Morgan fingerprint density at radius 2 is 1.85 bits per heavy atom. The molecule has 2 amide bonds. The quantitative estimate of drug-likeness (QED) is 0.376. The molecular formula is C26H22F4N6O3. The van der Waals surface area contributed by atoms with Gasteiger partial charge in [-0.15, -0.1) is 0 Å². The van der Waals surface area contributed by atoms with Gasteiger partial charge >= 0.3 is 6.18 Å². The molecule has 4 aromatic rings. The van der Waals surface area contributed by atoms with Crippen LogP contribution in [0.3, 0.4) is 0 Å². The van der Waals surface area contributed by atoms with E-state index < -0.39 is 35.2 Å². The van der Waals surface area contributed by atoms with Crippen molar-refractivity contribution in [2.45, 2.75) is 32.6 Å². The van der Waals surface area contributed by atoms with E-state index in [1.165, 1.54) is 17.0 Å². The smallest absolute Gasteiger partial charge is 0.351 e. The zero-order chi connectivity index (χ0) is 27.9. The lowest BCUT2D eigenvalue weighted by atomic mass is 10.0. The molecule has 0 spiro atoms. The molecule has 0 saturated carbocycles. The summed E-state index contributed by atoms with van der Waals surface area (Å²) in [7, 11) is 0. The molecule has 13 heteroatoms. The van der Waals surface area contributed by atoms with Gasteiger partial charge in [-0.05, 0) is 30.7 Å². The average molecular weight is 542 g/mol. The molecule has 2 N–H and O–H groups in total. The first-order valence-electron chi connectivity index (χ1n) is 12.1. The van der Waals surface area contributed by atoms with E-state index in [2.05, 4.69) is 20.5 Å². The molecule has 9 nitrogen and oxygen atoms in total. The van der Waals surface area contributed by atoms with Gasteiger partial charge in [0.15, 0.2) is 5.69 Å². The highest BCUT2D eigenvalue weighted by molar-refractivity contribution is 5.95. The van der Waals surface area contributed by atoms with Gasteiger partial charge in [0.2, 0.25) is 0 Å². The van der Waals surface area contributed by atoms with Crippen molar-refractivity contribution in [3.05, 3.63) is 92.7 Å². The number of nitrogens with one attached hydrogen (secondary N) is 2. The Morgan fingerprint density at radius 1 is 1.10 bits per heavy atom. The number of nitrogens with zero attached hydrogens (tertiary/aromatic N) is 4. The van der Waals surface area contributed by atoms with Crippen LogP contribution < -0.4 is 10.9 Å². The van der Waals surface area contributed by atoms with Gasteiger partial charge in [-0.1, -0.05) is 24.3 Å². The fraction of sp³-hybridized carbons (Fsp3) is 0.269. The Balaban J connectivity index is 1.43. The zero-order valence-electron chi connectivity index (χ0n) is 20.6. The second-order valence-corrected chi connectivity index (χ2v) is 9.00. The fourth-order valence-corrected chi connectivity index (χ4v) is 4.69. The van der Waals surface area contributed by atoms with Crippen molar-refractivity contribution >= 4 is 22.6 Å². The largest absolute Gasteiger partial charge is 0.435 e. The van der Waals surface area contributed by atoms with Crippen LogP contribution in [0, 0.1) is 5.82 Å².